The maximum Gasteiger partial charge on any atom is 0.248 e. The van der Waals surface area contributed by atoms with Gasteiger partial charge in [0.25, 0.3) is 0 Å². The van der Waals surface area contributed by atoms with Gasteiger partial charge in [-0.1, -0.05) is 0 Å². The number of nitrogens with two attached hydrogens (primary N) is 3. The van der Waals surface area contributed by atoms with Crippen LogP contribution in [0.4, 0.5) is 15.9 Å². The molecule has 1 aliphatic heterocycles. The summed E-state index contributed by atoms with van der Waals surface area (Å²) in [4.78, 5) is 14.2. The Labute approximate surface area is 142 Å². The number of fused-ring (bicyclic) bond motifs is 1. The van der Waals surface area contributed by atoms with Crippen molar-refractivity contribution in [3.63, 3.8) is 0 Å². The fraction of sp³-hybridized carbons (Fsp3) is 0.286. The molecule has 0 radical (unpaired) electrons. The molecule has 0 bridgehead atoms. The van der Waals surface area contributed by atoms with Crippen molar-refractivity contribution in [2.45, 2.75) is 12.8 Å². The summed E-state index contributed by atoms with van der Waals surface area (Å²) in [5.74, 6) is 10.5. The molecule has 0 atom stereocenters. The van der Waals surface area contributed by atoms with Gasteiger partial charge in [-0.3, -0.25) is 9.80 Å². The lowest BCUT2D eigenvalue weighted by Gasteiger charge is -2.31. The average Bonchev–Trinajstić information content (AvgIpc) is 3.00. The number of hydrogen-bond acceptors (Lipinski definition) is 8. The van der Waals surface area contributed by atoms with Gasteiger partial charge < -0.3 is 16.5 Å². The van der Waals surface area contributed by atoms with Crippen LogP contribution < -0.4 is 22.3 Å². The van der Waals surface area contributed by atoms with Crippen LogP contribution in [-0.2, 0) is 11.2 Å². The van der Waals surface area contributed by atoms with E-state index in [0.29, 0.717) is 18.7 Å². The SMILES string of the molecule is N/N=C(/c1nonc1N)N(N)CC(=O)N1CCCc2cc(F)ccc21. The lowest BCUT2D eigenvalue weighted by molar-refractivity contribution is -0.119. The molecule has 2 heterocycles. The van der Waals surface area contributed by atoms with Gasteiger partial charge in [0.05, 0.1) is 0 Å². The second-order valence-electron chi connectivity index (χ2n) is 5.50. The number of hydrogen-bond donors (Lipinski definition) is 3. The van der Waals surface area contributed by atoms with Gasteiger partial charge in [-0.05, 0) is 46.9 Å². The Kier molecular flexibility index (Phi) is 4.48. The summed E-state index contributed by atoms with van der Waals surface area (Å²) in [5.41, 5.74) is 7.07. The van der Waals surface area contributed by atoms with Crippen LogP contribution in [0.25, 0.3) is 0 Å². The predicted octanol–water partition coefficient (Wildman–Crippen LogP) is -0.434. The standard InChI is InChI=1S/C14H17FN8O2/c15-9-3-4-10-8(6-9)2-1-5-22(10)11(24)7-23(18)14(19-17)12-13(16)21-25-20-12/h3-4,6H,1-2,5,7,17-18H2,(H2,16,21)/b19-14-. The second kappa shape index (κ2) is 6.73. The second-order valence-corrected chi connectivity index (χ2v) is 5.50. The quantitative estimate of drug-likeness (QED) is 0.292. The van der Waals surface area contributed by atoms with E-state index in [-0.39, 0.29) is 35.6 Å². The number of aromatic nitrogens is 2. The van der Waals surface area contributed by atoms with Gasteiger partial charge in [-0.25, -0.2) is 14.9 Å². The minimum atomic E-state index is -0.333. The summed E-state index contributed by atoms with van der Waals surface area (Å²) < 4.78 is 17.9. The minimum Gasteiger partial charge on any atom is -0.379 e. The first-order valence-electron chi connectivity index (χ1n) is 7.48. The number of amidine groups is 1. The van der Waals surface area contributed by atoms with E-state index in [1.165, 1.54) is 12.1 Å². The number of carbonyl (C=O) groups excluding carboxylic acids is 1. The van der Waals surface area contributed by atoms with Crippen molar-refractivity contribution in [2.75, 3.05) is 23.7 Å². The molecule has 10 nitrogen and oxygen atoms in total. The number of anilines is 2. The monoisotopic (exact) mass is 348 g/mol. The predicted molar refractivity (Wildman–Crippen MR) is 87.4 cm³/mol. The zero-order valence-corrected chi connectivity index (χ0v) is 13.2. The van der Waals surface area contributed by atoms with Gasteiger partial charge in [0, 0.05) is 12.2 Å². The molecule has 11 heteroatoms. The Morgan fingerprint density at radius 3 is 2.92 bits per heavy atom. The van der Waals surface area contributed by atoms with Crippen LogP contribution in [0.5, 0.6) is 0 Å². The Morgan fingerprint density at radius 1 is 1.44 bits per heavy atom. The third-order valence-electron chi connectivity index (χ3n) is 3.89. The zero-order chi connectivity index (χ0) is 18.0. The topological polar surface area (TPSA) is 153 Å². The number of hydrazone groups is 1. The minimum absolute atomic E-state index is 0.0385. The van der Waals surface area contributed by atoms with Gasteiger partial charge >= 0.3 is 0 Å². The maximum absolute atomic E-state index is 13.4. The van der Waals surface area contributed by atoms with Gasteiger partial charge in [-0.15, -0.1) is 0 Å². The molecule has 0 fully saturated rings. The molecule has 1 aliphatic rings. The molecule has 1 aromatic heterocycles. The molecule has 0 unspecified atom stereocenters. The van der Waals surface area contributed by atoms with Gasteiger partial charge in [-0.2, -0.15) is 5.10 Å². The van der Waals surface area contributed by atoms with Crippen LogP contribution in [0.15, 0.2) is 27.9 Å². The number of hydrazine groups is 1. The third kappa shape index (κ3) is 3.21. The molecule has 25 heavy (non-hydrogen) atoms. The highest BCUT2D eigenvalue weighted by atomic mass is 19.1. The molecule has 1 aromatic carbocycles. The smallest absolute Gasteiger partial charge is 0.248 e. The number of benzene rings is 1. The summed E-state index contributed by atoms with van der Waals surface area (Å²) in [6.45, 7) is 0.271. The van der Waals surface area contributed by atoms with E-state index < -0.39 is 0 Å². The molecule has 3 rings (SSSR count). The molecule has 0 saturated carbocycles. The molecule has 1 amide bonds. The third-order valence-corrected chi connectivity index (χ3v) is 3.89. The van der Waals surface area contributed by atoms with E-state index in [2.05, 4.69) is 20.0 Å². The number of carbonyl (C=O) groups is 1. The van der Waals surface area contributed by atoms with Crippen molar-refractivity contribution in [3.05, 3.63) is 35.3 Å². The largest absolute Gasteiger partial charge is 0.379 e. The van der Waals surface area contributed by atoms with Crippen LogP contribution in [0.3, 0.4) is 0 Å². The number of halogens is 1. The first-order valence-corrected chi connectivity index (χ1v) is 7.48. The normalized spacial score (nSPS) is 14.3. The van der Waals surface area contributed by atoms with E-state index in [0.717, 1.165) is 17.0 Å². The van der Waals surface area contributed by atoms with E-state index in [1.807, 2.05) is 0 Å². The fourth-order valence-corrected chi connectivity index (χ4v) is 2.75. The Bertz CT molecular complexity index is 821. The number of nitrogens with zero attached hydrogens (tertiary/aromatic N) is 5. The molecule has 2 aromatic rings. The molecule has 6 N–H and O–H groups in total. The van der Waals surface area contributed by atoms with Crippen LogP contribution in [0.2, 0.25) is 0 Å². The summed E-state index contributed by atoms with van der Waals surface area (Å²) >= 11 is 0. The van der Waals surface area contributed by atoms with E-state index >= 15 is 0 Å². The highest BCUT2D eigenvalue weighted by Crippen LogP contribution is 2.27. The molecule has 132 valence electrons. The molecular weight excluding hydrogens is 331 g/mol. The van der Waals surface area contributed by atoms with Crippen LogP contribution >= 0.6 is 0 Å². The first kappa shape index (κ1) is 16.6. The van der Waals surface area contributed by atoms with E-state index in [9.17, 15) is 9.18 Å². The highest BCUT2D eigenvalue weighted by Gasteiger charge is 2.26. The highest BCUT2D eigenvalue weighted by molar-refractivity contribution is 6.03. The van der Waals surface area contributed by atoms with Gasteiger partial charge in [0.1, 0.15) is 12.4 Å². The maximum atomic E-state index is 13.4. The Balaban J connectivity index is 1.78. The van der Waals surface area contributed by atoms with Crippen molar-refractivity contribution in [1.29, 1.82) is 0 Å². The molecular formula is C14H17FN8O2. The summed E-state index contributed by atoms with van der Waals surface area (Å²) in [7, 11) is 0. The Hall–Kier alpha value is -3.21. The average molecular weight is 348 g/mol. The van der Waals surface area contributed by atoms with E-state index in [1.54, 1.807) is 11.0 Å². The lowest BCUT2D eigenvalue weighted by Crippen LogP contribution is -2.48. The summed E-state index contributed by atoms with van der Waals surface area (Å²) in [6, 6.07) is 4.34. The lowest BCUT2D eigenvalue weighted by atomic mass is 10.0. The van der Waals surface area contributed by atoms with Crippen LogP contribution in [0.1, 0.15) is 17.7 Å². The first-order chi connectivity index (χ1) is 12.0. The van der Waals surface area contributed by atoms with Crippen molar-refractivity contribution in [2.24, 2.45) is 16.8 Å². The van der Waals surface area contributed by atoms with E-state index in [4.69, 9.17) is 17.4 Å². The molecule has 0 spiro atoms. The molecule has 0 aliphatic carbocycles. The van der Waals surface area contributed by atoms with Crippen LogP contribution in [-0.4, -0.2) is 40.2 Å². The Morgan fingerprint density at radius 2 is 2.24 bits per heavy atom. The van der Waals surface area contributed by atoms with Crippen molar-refractivity contribution >= 4 is 23.2 Å². The summed E-state index contributed by atoms with van der Waals surface area (Å²) in [5, 5.41) is 11.5. The van der Waals surface area contributed by atoms with Crippen LogP contribution in [0, 0.1) is 5.82 Å². The van der Waals surface area contributed by atoms with Gasteiger partial charge in [0.2, 0.25) is 5.91 Å². The fourth-order valence-electron chi connectivity index (χ4n) is 2.75. The van der Waals surface area contributed by atoms with Crippen molar-refractivity contribution in [3.8, 4) is 0 Å². The van der Waals surface area contributed by atoms with Crippen molar-refractivity contribution < 1.29 is 13.8 Å². The number of aryl methyl sites for hydroxylation is 1. The molecule has 0 saturated heterocycles. The number of rotatable bonds is 3. The zero-order valence-electron chi connectivity index (χ0n) is 13.2. The number of amides is 1. The van der Waals surface area contributed by atoms with Crippen molar-refractivity contribution in [1.82, 2.24) is 15.3 Å². The van der Waals surface area contributed by atoms with Gasteiger partial charge in [0.15, 0.2) is 17.3 Å². The summed E-state index contributed by atoms with van der Waals surface area (Å²) in [6.07, 6.45) is 1.44. The number of nitrogen functional groups attached to an aromatic ring is 1.